The number of amides is 1. The quantitative estimate of drug-likeness (QED) is 0.472. The zero-order valence-electron chi connectivity index (χ0n) is 17.4. The predicted molar refractivity (Wildman–Crippen MR) is 124 cm³/mol. The molecule has 0 radical (unpaired) electrons. The number of fused-ring (bicyclic) bond motifs is 1. The summed E-state index contributed by atoms with van der Waals surface area (Å²) in [5, 5.41) is 3.82. The third kappa shape index (κ3) is 4.25. The lowest BCUT2D eigenvalue weighted by Gasteiger charge is -2.20. The van der Waals surface area contributed by atoms with E-state index in [4.69, 9.17) is 4.98 Å². The number of pyridine rings is 2. The largest absolute Gasteiger partial charge is 0.345 e. The van der Waals surface area contributed by atoms with Gasteiger partial charge in [-0.15, -0.1) is 0 Å². The van der Waals surface area contributed by atoms with Gasteiger partial charge in [0, 0.05) is 17.8 Å². The Labute approximate surface area is 184 Å². The average molecular weight is 430 g/mol. The molecule has 2 aromatic carbocycles. The summed E-state index contributed by atoms with van der Waals surface area (Å²) < 4.78 is 12.9. The molecule has 0 saturated carbocycles. The summed E-state index contributed by atoms with van der Waals surface area (Å²) in [7, 11) is -1.45. The summed E-state index contributed by atoms with van der Waals surface area (Å²) in [6.07, 6.45) is 3.97. The van der Waals surface area contributed by atoms with Gasteiger partial charge in [0.2, 0.25) is 0 Å². The molecule has 1 amide bonds. The number of rotatable bonds is 6. The molecule has 0 bridgehead atoms. The summed E-state index contributed by atoms with van der Waals surface area (Å²) >= 11 is 0. The number of carbonyl (C=O) groups is 1. The molecule has 2 atom stereocenters. The maximum Gasteiger partial charge on any atom is 0.253 e. The number of carbonyl (C=O) groups excluding carboxylic acids is 1. The second-order valence-corrected chi connectivity index (χ2v) is 8.51. The Morgan fingerprint density at radius 1 is 1.00 bits per heavy atom. The van der Waals surface area contributed by atoms with Gasteiger partial charge in [0.05, 0.1) is 38.5 Å². The summed E-state index contributed by atoms with van der Waals surface area (Å²) in [4.78, 5) is 23.1. The van der Waals surface area contributed by atoms with Gasteiger partial charge in [-0.2, -0.15) is 0 Å². The van der Waals surface area contributed by atoms with Crippen LogP contribution in [0.4, 0.5) is 0 Å². The van der Waals surface area contributed by atoms with Crippen LogP contribution in [0.3, 0.4) is 0 Å². The fourth-order valence-corrected chi connectivity index (χ4v) is 4.63. The Morgan fingerprint density at radius 3 is 2.39 bits per heavy atom. The van der Waals surface area contributed by atoms with E-state index < -0.39 is 10.8 Å². The second kappa shape index (κ2) is 9.18. The Hall–Kier alpha value is -3.38. The first kappa shape index (κ1) is 20.9. The molecule has 4 rings (SSSR count). The zero-order chi connectivity index (χ0) is 21.8. The second-order valence-electron chi connectivity index (χ2n) is 7.20. The third-order valence-electron chi connectivity index (χ3n) is 5.19. The topological polar surface area (TPSA) is 72.0 Å². The fourth-order valence-electron chi connectivity index (χ4n) is 3.71. The normalized spacial score (nSPS) is 13.0. The van der Waals surface area contributed by atoms with E-state index in [0.29, 0.717) is 32.7 Å². The highest BCUT2D eigenvalue weighted by Crippen LogP contribution is 2.32. The molecule has 2 aromatic heterocycles. The van der Waals surface area contributed by atoms with E-state index in [0.717, 1.165) is 12.0 Å². The number of hydrogen-bond donors (Lipinski definition) is 1. The first-order chi connectivity index (χ1) is 15.1. The Morgan fingerprint density at radius 2 is 1.71 bits per heavy atom. The lowest BCUT2D eigenvalue weighted by Crippen LogP contribution is -2.29. The van der Waals surface area contributed by atoms with E-state index >= 15 is 0 Å². The van der Waals surface area contributed by atoms with Crippen molar-refractivity contribution >= 4 is 27.6 Å². The number of benzene rings is 2. The van der Waals surface area contributed by atoms with Crippen LogP contribution in [-0.2, 0) is 10.8 Å². The first-order valence-electron chi connectivity index (χ1n) is 10.1. The average Bonchev–Trinajstić information content (AvgIpc) is 2.82. The molecule has 4 aromatic rings. The van der Waals surface area contributed by atoms with Crippen LogP contribution < -0.4 is 5.32 Å². The van der Waals surface area contributed by atoms with Gasteiger partial charge in [-0.3, -0.25) is 14.0 Å². The van der Waals surface area contributed by atoms with Crippen LogP contribution in [0, 0.1) is 0 Å². The summed E-state index contributed by atoms with van der Waals surface area (Å²) in [5.74, 6) is -0.267. The highest BCUT2D eigenvalue weighted by molar-refractivity contribution is 7.84. The minimum atomic E-state index is -1.45. The van der Waals surface area contributed by atoms with E-state index in [-0.39, 0.29) is 11.9 Å². The summed E-state index contributed by atoms with van der Waals surface area (Å²) in [5.41, 5.74) is 3.14. The molecule has 5 nitrogen and oxygen atoms in total. The molecular formula is C25H23N3O2S. The molecular weight excluding hydrogens is 406 g/mol. The number of aromatic nitrogens is 2. The molecule has 0 aliphatic rings. The molecule has 0 saturated heterocycles. The molecule has 2 heterocycles. The fraction of sp³-hybridized carbons (Fsp3) is 0.160. The maximum atomic E-state index is 13.6. The van der Waals surface area contributed by atoms with Crippen molar-refractivity contribution in [1.29, 1.82) is 0 Å². The molecule has 0 spiro atoms. The van der Waals surface area contributed by atoms with Crippen LogP contribution in [0.15, 0.2) is 83.9 Å². The van der Waals surface area contributed by atoms with E-state index in [1.54, 1.807) is 12.5 Å². The molecule has 31 heavy (non-hydrogen) atoms. The van der Waals surface area contributed by atoms with Crippen molar-refractivity contribution < 1.29 is 9.00 Å². The third-order valence-corrected chi connectivity index (χ3v) is 6.16. The van der Waals surface area contributed by atoms with Crippen molar-refractivity contribution in [2.75, 3.05) is 6.26 Å². The lowest BCUT2D eigenvalue weighted by molar-refractivity contribution is 0.0934. The van der Waals surface area contributed by atoms with Crippen LogP contribution in [0.5, 0.6) is 0 Å². The van der Waals surface area contributed by atoms with Crippen molar-refractivity contribution in [2.45, 2.75) is 24.3 Å². The van der Waals surface area contributed by atoms with E-state index in [1.165, 1.54) is 0 Å². The van der Waals surface area contributed by atoms with E-state index in [2.05, 4.69) is 10.3 Å². The van der Waals surface area contributed by atoms with Crippen LogP contribution in [0.25, 0.3) is 22.3 Å². The van der Waals surface area contributed by atoms with Gasteiger partial charge < -0.3 is 5.32 Å². The van der Waals surface area contributed by atoms with Gasteiger partial charge in [0.25, 0.3) is 5.91 Å². The van der Waals surface area contributed by atoms with E-state index in [9.17, 15) is 9.00 Å². The highest BCUT2D eigenvalue weighted by Gasteiger charge is 2.26. The molecule has 0 aliphatic heterocycles. The molecule has 156 valence electrons. The smallest absolute Gasteiger partial charge is 0.253 e. The predicted octanol–water partition coefficient (Wildman–Crippen LogP) is 4.92. The monoisotopic (exact) mass is 429 g/mol. The zero-order valence-corrected chi connectivity index (χ0v) is 18.2. The summed E-state index contributed by atoms with van der Waals surface area (Å²) in [6.45, 7) is 2.03. The number of nitrogens with one attached hydrogen (secondary N) is 1. The Balaban J connectivity index is 1.90. The van der Waals surface area contributed by atoms with Gasteiger partial charge in [-0.1, -0.05) is 61.5 Å². The van der Waals surface area contributed by atoms with Crippen molar-refractivity contribution in [3.05, 3.63) is 90.1 Å². The Bertz CT molecular complexity index is 1240. The standard InChI is InChI=1S/C25H23N3O2S/c1-3-19(17-11-5-4-6-12-17)28-25(29)22-18-13-7-8-14-20(18)27-23(24(22)31(2)30)21-15-9-10-16-26-21/h4-16,19H,3H2,1-2H3,(H,28,29)/t19-,31?/m0/s1. The SMILES string of the molecule is CC[C@H](NC(=O)c1c(S(C)=O)c(-c2ccccn2)nc2ccccc12)c1ccccc1. The highest BCUT2D eigenvalue weighted by atomic mass is 32.2. The Kier molecular flexibility index (Phi) is 6.18. The van der Waals surface area contributed by atoms with Crippen molar-refractivity contribution in [3.8, 4) is 11.4 Å². The molecule has 0 fully saturated rings. The number of nitrogens with zero attached hydrogens (tertiary/aromatic N) is 2. The summed E-state index contributed by atoms with van der Waals surface area (Å²) in [6, 6.07) is 22.6. The maximum absolute atomic E-state index is 13.6. The van der Waals surface area contributed by atoms with Gasteiger partial charge >= 0.3 is 0 Å². The van der Waals surface area contributed by atoms with Crippen LogP contribution in [-0.4, -0.2) is 26.3 Å². The van der Waals surface area contributed by atoms with E-state index in [1.807, 2.05) is 79.7 Å². The molecule has 0 aliphatic carbocycles. The molecule has 1 N–H and O–H groups in total. The van der Waals surface area contributed by atoms with Crippen molar-refractivity contribution in [2.24, 2.45) is 0 Å². The number of para-hydroxylation sites is 1. The van der Waals surface area contributed by atoms with Gasteiger partial charge in [-0.25, -0.2) is 4.98 Å². The lowest BCUT2D eigenvalue weighted by atomic mass is 10.0. The number of hydrogen-bond acceptors (Lipinski definition) is 4. The molecule has 1 unspecified atom stereocenters. The van der Waals surface area contributed by atoms with Gasteiger partial charge in [0.15, 0.2) is 0 Å². The van der Waals surface area contributed by atoms with Gasteiger partial charge in [-0.05, 0) is 30.2 Å². The van der Waals surface area contributed by atoms with Crippen molar-refractivity contribution in [3.63, 3.8) is 0 Å². The molecule has 6 heteroatoms. The van der Waals surface area contributed by atoms with Crippen molar-refractivity contribution in [1.82, 2.24) is 15.3 Å². The minimum Gasteiger partial charge on any atom is -0.345 e. The minimum absolute atomic E-state index is 0.155. The van der Waals surface area contributed by atoms with Gasteiger partial charge in [0.1, 0.15) is 5.69 Å². The first-order valence-corrected chi connectivity index (χ1v) is 11.7. The van der Waals surface area contributed by atoms with Crippen LogP contribution in [0.2, 0.25) is 0 Å². The van der Waals surface area contributed by atoms with Crippen LogP contribution >= 0.6 is 0 Å². The van der Waals surface area contributed by atoms with Crippen LogP contribution in [0.1, 0.15) is 35.3 Å².